The van der Waals surface area contributed by atoms with Crippen molar-refractivity contribution in [2.75, 3.05) is 0 Å². The van der Waals surface area contributed by atoms with Crippen molar-refractivity contribution >= 4 is 17.9 Å². The van der Waals surface area contributed by atoms with E-state index in [0.717, 1.165) is 20.8 Å². The molecule has 0 spiro atoms. The van der Waals surface area contributed by atoms with E-state index < -0.39 is 17.9 Å². The Balaban J connectivity index is -0.0000000270. The SMILES string of the molecule is CC(=O)[O-].CC(=O)[O-].CC(=O)[O-].O.[Nd]. The first kappa shape index (κ1) is 29.2. The minimum atomic E-state index is -1.08. The van der Waals surface area contributed by atoms with Crippen molar-refractivity contribution in [1.29, 1.82) is 0 Å². The fourth-order valence-corrected chi connectivity index (χ4v) is 0. The van der Waals surface area contributed by atoms with Crippen LogP contribution in [0, 0.1) is 40.8 Å². The third-order valence-corrected chi connectivity index (χ3v) is 0. The first-order valence-corrected chi connectivity index (χ1v) is 2.72. The third kappa shape index (κ3) is 17300. The molecule has 0 saturated heterocycles. The molecule has 0 amide bonds. The van der Waals surface area contributed by atoms with Crippen molar-refractivity contribution in [2.45, 2.75) is 20.8 Å². The Labute approximate surface area is 114 Å². The standard InChI is InChI=1S/3C2H4O2.Nd.H2O/c3*1-2(3)4;;/h3*1H3,(H,3,4);;1H2/p-3. The molecule has 0 aliphatic rings. The molecule has 0 heterocycles. The van der Waals surface area contributed by atoms with E-state index >= 15 is 0 Å². The summed E-state index contributed by atoms with van der Waals surface area (Å²) in [6.45, 7) is 2.92. The molecule has 7 nitrogen and oxygen atoms in total. The second kappa shape index (κ2) is 23.0. The summed E-state index contributed by atoms with van der Waals surface area (Å²) in [6, 6.07) is 0. The Hall–Kier alpha value is -0.279. The van der Waals surface area contributed by atoms with Crippen LogP contribution in [-0.4, -0.2) is 23.4 Å². The maximum Gasteiger partial charge on any atom is 0.0383 e. The van der Waals surface area contributed by atoms with E-state index in [1.165, 1.54) is 0 Å². The molecule has 0 rings (SSSR count). The van der Waals surface area contributed by atoms with Crippen molar-refractivity contribution < 1.29 is 76.0 Å². The number of hydrogen-bond acceptors (Lipinski definition) is 6. The monoisotopic (exact) mass is 337 g/mol. The molecule has 8 heteroatoms. The van der Waals surface area contributed by atoms with E-state index in [0.29, 0.717) is 0 Å². The molecule has 0 fully saturated rings. The molecule has 0 radical (unpaired) electrons. The number of carboxylic acids is 3. The zero-order chi connectivity index (χ0) is 10.7. The zero-order valence-electron chi connectivity index (χ0n) is 7.95. The zero-order valence-corrected chi connectivity index (χ0v) is 11.2. The van der Waals surface area contributed by atoms with Crippen molar-refractivity contribution in [3.05, 3.63) is 0 Å². The van der Waals surface area contributed by atoms with Gasteiger partial charge < -0.3 is 35.2 Å². The molecule has 0 saturated carbocycles. The van der Waals surface area contributed by atoms with Gasteiger partial charge >= 0.3 is 0 Å². The van der Waals surface area contributed by atoms with Crippen LogP contribution in [0.4, 0.5) is 0 Å². The largest absolute Gasteiger partial charge is 0.550 e. The summed E-state index contributed by atoms with van der Waals surface area (Å²) < 4.78 is 0. The molecule has 0 bridgehead atoms. The van der Waals surface area contributed by atoms with Crippen LogP contribution in [0.2, 0.25) is 0 Å². The van der Waals surface area contributed by atoms with Gasteiger partial charge in [-0.05, 0) is 20.8 Å². The van der Waals surface area contributed by atoms with E-state index in [4.69, 9.17) is 29.7 Å². The fraction of sp³-hybridized carbons (Fsp3) is 0.500. The average molecular weight is 339 g/mol. The number of hydrogen-bond donors (Lipinski definition) is 0. The maximum atomic E-state index is 8.89. The summed E-state index contributed by atoms with van der Waals surface area (Å²) in [6.07, 6.45) is 0. The van der Waals surface area contributed by atoms with Crippen molar-refractivity contribution in [3.63, 3.8) is 0 Å². The number of aliphatic carboxylic acids is 3. The number of carbonyl (C=O) groups excluding carboxylic acids is 3. The van der Waals surface area contributed by atoms with Crippen LogP contribution in [0.15, 0.2) is 0 Å². The third-order valence-electron chi connectivity index (χ3n) is 0. The smallest absolute Gasteiger partial charge is 0.0383 e. The van der Waals surface area contributed by atoms with E-state index in [-0.39, 0.29) is 46.3 Å². The van der Waals surface area contributed by atoms with Gasteiger partial charge in [0.25, 0.3) is 0 Å². The molecule has 14 heavy (non-hydrogen) atoms. The van der Waals surface area contributed by atoms with Gasteiger partial charge in [0.15, 0.2) is 0 Å². The summed E-state index contributed by atoms with van der Waals surface area (Å²) in [5, 5.41) is 26.7. The summed E-state index contributed by atoms with van der Waals surface area (Å²) >= 11 is 0. The second-order valence-electron chi connectivity index (χ2n) is 1.47. The Kier molecular flexibility index (Phi) is 47.9. The van der Waals surface area contributed by atoms with Gasteiger partial charge in [0, 0.05) is 58.7 Å². The quantitative estimate of drug-likeness (QED) is 0.433. The second-order valence-corrected chi connectivity index (χ2v) is 1.47. The first-order valence-electron chi connectivity index (χ1n) is 2.72. The van der Waals surface area contributed by atoms with Crippen LogP contribution in [0.5, 0.6) is 0 Å². The van der Waals surface area contributed by atoms with Gasteiger partial charge in [0.2, 0.25) is 0 Å². The molecular formula is C6H11NdO7-3. The number of carbonyl (C=O) groups is 3. The predicted molar refractivity (Wildman–Crippen MR) is 35.7 cm³/mol. The molecular weight excluding hydrogens is 328 g/mol. The summed E-state index contributed by atoms with van der Waals surface area (Å²) in [4.78, 5) is 26.7. The Morgan fingerprint density at radius 1 is 0.714 bits per heavy atom. The molecule has 0 aromatic rings. The molecule has 0 atom stereocenters. The Morgan fingerprint density at radius 3 is 0.714 bits per heavy atom. The Bertz CT molecular complexity index is 116. The topological polar surface area (TPSA) is 152 Å². The van der Waals surface area contributed by atoms with Crippen molar-refractivity contribution in [1.82, 2.24) is 0 Å². The molecule has 0 aromatic heterocycles. The Morgan fingerprint density at radius 2 is 0.714 bits per heavy atom. The van der Waals surface area contributed by atoms with Gasteiger partial charge in [-0.15, -0.1) is 0 Å². The van der Waals surface area contributed by atoms with Crippen LogP contribution in [0.25, 0.3) is 0 Å². The molecule has 0 aliphatic carbocycles. The van der Waals surface area contributed by atoms with Crippen molar-refractivity contribution in [2.24, 2.45) is 0 Å². The molecule has 84 valence electrons. The van der Waals surface area contributed by atoms with Crippen LogP contribution < -0.4 is 15.3 Å². The van der Waals surface area contributed by atoms with E-state index in [1.54, 1.807) is 0 Å². The van der Waals surface area contributed by atoms with Gasteiger partial charge in [0.1, 0.15) is 0 Å². The van der Waals surface area contributed by atoms with E-state index in [1.807, 2.05) is 0 Å². The minimum Gasteiger partial charge on any atom is -0.550 e. The van der Waals surface area contributed by atoms with Gasteiger partial charge in [-0.3, -0.25) is 0 Å². The molecule has 0 unspecified atom stereocenters. The number of rotatable bonds is 0. The fourth-order valence-electron chi connectivity index (χ4n) is 0. The summed E-state index contributed by atoms with van der Waals surface area (Å²) in [5.41, 5.74) is 0. The number of carboxylic acid groups (broad SMARTS) is 3. The minimum absolute atomic E-state index is 0. The van der Waals surface area contributed by atoms with Gasteiger partial charge in [-0.2, -0.15) is 0 Å². The summed E-state index contributed by atoms with van der Waals surface area (Å²) in [7, 11) is 0. The van der Waals surface area contributed by atoms with Gasteiger partial charge in [0.05, 0.1) is 0 Å². The van der Waals surface area contributed by atoms with Crippen LogP contribution >= 0.6 is 0 Å². The van der Waals surface area contributed by atoms with Gasteiger partial charge in [-0.1, -0.05) is 0 Å². The first-order chi connectivity index (χ1) is 5.20. The predicted octanol–water partition coefficient (Wildman–Crippen LogP) is -4.56. The van der Waals surface area contributed by atoms with Crippen LogP contribution in [0.3, 0.4) is 0 Å². The van der Waals surface area contributed by atoms with E-state index in [2.05, 4.69) is 0 Å². The van der Waals surface area contributed by atoms with Gasteiger partial charge in [-0.25, -0.2) is 0 Å². The van der Waals surface area contributed by atoms with Crippen LogP contribution in [0.1, 0.15) is 20.8 Å². The normalized spacial score (nSPS) is 5.36. The molecule has 2 N–H and O–H groups in total. The van der Waals surface area contributed by atoms with E-state index in [9.17, 15) is 0 Å². The van der Waals surface area contributed by atoms with Crippen LogP contribution in [-0.2, 0) is 14.4 Å². The summed E-state index contributed by atoms with van der Waals surface area (Å²) in [5.74, 6) is -3.25. The maximum absolute atomic E-state index is 8.89. The molecule has 0 aliphatic heterocycles. The molecule has 0 aromatic carbocycles. The average Bonchev–Trinajstić information content (AvgIpc) is 1.54. The van der Waals surface area contributed by atoms with Crippen molar-refractivity contribution in [3.8, 4) is 0 Å².